The van der Waals surface area contributed by atoms with Crippen molar-refractivity contribution in [3.63, 3.8) is 0 Å². The molecule has 0 radical (unpaired) electrons. The molecule has 3 N–H and O–H groups in total. The van der Waals surface area contributed by atoms with Crippen molar-refractivity contribution in [3.8, 4) is 0 Å². The van der Waals surface area contributed by atoms with E-state index in [2.05, 4.69) is 10.2 Å². The first-order valence-electron chi connectivity index (χ1n) is 6.29. The third-order valence-electron chi connectivity index (χ3n) is 3.12. The largest absolute Gasteiger partial charge is 0.468 e. The Morgan fingerprint density at radius 3 is 3.00 bits per heavy atom. The fourth-order valence-corrected chi connectivity index (χ4v) is 3.16. The number of thioether (sulfide) groups is 1. The number of nitrogens with two attached hydrogens (primary N) is 1. The molecule has 102 valence electrons. The zero-order chi connectivity index (χ0) is 13.4. The van der Waals surface area contributed by atoms with E-state index in [1.807, 2.05) is 19.1 Å². The summed E-state index contributed by atoms with van der Waals surface area (Å²) in [5.74, 6) is 0.804. The summed E-state index contributed by atoms with van der Waals surface area (Å²) < 4.78 is 7.15. The Morgan fingerprint density at radius 2 is 2.42 bits per heavy atom. The average Bonchev–Trinajstić information content (AvgIpc) is 2.92. The lowest BCUT2D eigenvalue weighted by molar-refractivity contribution is 0.485. The summed E-state index contributed by atoms with van der Waals surface area (Å²) in [7, 11) is 0. The summed E-state index contributed by atoms with van der Waals surface area (Å²) in [6, 6.07) is 3.92. The van der Waals surface area contributed by atoms with Crippen LogP contribution in [0.3, 0.4) is 0 Å². The lowest BCUT2D eigenvalue weighted by atomic mass is 10.2. The van der Waals surface area contributed by atoms with Crippen LogP contribution in [0.1, 0.15) is 36.8 Å². The lowest BCUT2D eigenvalue weighted by Crippen LogP contribution is -2.23. The highest BCUT2D eigenvalue weighted by molar-refractivity contribution is 7.99. The van der Waals surface area contributed by atoms with Crippen LogP contribution in [0, 0.1) is 0 Å². The second-order valence-corrected chi connectivity index (χ2v) is 5.93. The van der Waals surface area contributed by atoms with E-state index in [1.54, 1.807) is 10.8 Å². The van der Waals surface area contributed by atoms with E-state index in [1.165, 1.54) is 11.8 Å². The molecule has 0 saturated heterocycles. The summed E-state index contributed by atoms with van der Waals surface area (Å²) in [6.45, 7) is 1.92. The zero-order valence-electron chi connectivity index (χ0n) is 10.6. The van der Waals surface area contributed by atoms with Gasteiger partial charge in [-0.3, -0.25) is 4.57 Å². The molecule has 19 heavy (non-hydrogen) atoms. The van der Waals surface area contributed by atoms with Gasteiger partial charge in [-0.2, -0.15) is 0 Å². The average molecular weight is 280 g/mol. The summed E-state index contributed by atoms with van der Waals surface area (Å²) in [6.07, 6.45) is 3.71. The van der Waals surface area contributed by atoms with E-state index in [0.717, 1.165) is 18.6 Å². The van der Waals surface area contributed by atoms with Crippen molar-refractivity contribution >= 4 is 11.8 Å². The minimum atomic E-state index is -0.145. The first-order valence-corrected chi connectivity index (χ1v) is 7.17. The molecule has 2 aromatic rings. The standard InChI is InChI=1S/C12H16N4O2S/c1-7(13)10(9-3-2-6-18-9)19-12-15-14-11(17)16(12)8-4-5-8/h2-3,6-8,10H,4-5,13H2,1H3,(H,14,17). The van der Waals surface area contributed by atoms with E-state index in [-0.39, 0.29) is 17.0 Å². The van der Waals surface area contributed by atoms with Crippen LogP contribution in [0.25, 0.3) is 0 Å². The molecule has 2 atom stereocenters. The second-order valence-electron chi connectivity index (χ2n) is 4.83. The molecule has 7 heteroatoms. The third kappa shape index (κ3) is 2.48. The monoisotopic (exact) mass is 280 g/mol. The van der Waals surface area contributed by atoms with Gasteiger partial charge in [0.25, 0.3) is 0 Å². The molecular formula is C12H16N4O2S. The second kappa shape index (κ2) is 4.90. The summed E-state index contributed by atoms with van der Waals surface area (Å²) >= 11 is 1.47. The van der Waals surface area contributed by atoms with Crippen molar-refractivity contribution in [2.75, 3.05) is 0 Å². The van der Waals surface area contributed by atoms with Gasteiger partial charge in [-0.15, -0.1) is 5.10 Å². The number of hydrogen-bond acceptors (Lipinski definition) is 5. The fourth-order valence-electron chi connectivity index (χ4n) is 2.02. The smallest absolute Gasteiger partial charge is 0.344 e. The van der Waals surface area contributed by atoms with Gasteiger partial charge >= 0.3 is 5.69 Å². The molecular weight excluding hydrogens is 264 g/mol. The van der Waals surface area contributed by atoms with Crippen molar-refractivity contribution < 1.29 is 4.42 Å². The van der Waals surface area contributed by atoms with Crippen LogP contribution in [0.5, 0.6) is 0 Å². The van der Waals surface area contributed by atoms with E-state index in [4.69, 9.17) is 10.2 Å². The highest BCUT2D eigenvalue weighted by atomic mass is 32.2. The molecule has 0 amide bonds. The van der Waals surface area contributed by atoms with Gasteiger partial charge in [-0.1, -0.05) is 11.8 Å². The van der Waals surface area contributed by atoms with Gasteiger partial charge in [-0.25, -0.2) is 9.89 Å². The minimum Gasteiger partial charge on any atom is -0.468 e. The molecule has 0 spiro atoms. The van der Waals surface area contributed by atoms with Crippen LogP contribution in [0.2, 0.25) is 0 Å². The minimum absolute atomic E-state index is 0.0531. The van der Waals surface area contributed by atoms with Crippen molar-refractivity contribution in [2.45, 2.75) is 42.3 Å². The van der Waals surface area contributed by atoms with Gasteiger partial charge in [0.05, 0.1) is 11.5 Å². The highest BCUT2D eigenvalue weighted by Gasteiger charge is 2.31. The number of nitrogens with zero attached hydrogens (tertiary/aromatic N) is 2. The van der Waals surface area contributed by atoms with E-state index < -0.39 is 0 Å². The van der Waals surface area contributed by atoms with Gasteiger partial charge in [0.2, 0.25) is 0 Å². The summed E-state index contributed by atoms with van der Waals surface area (Å²) in [5, 5.41) is 7.25. The van der Waals surface area contributed by atoms with Crippen LogP contribution in [0.15, 0.2) is 32.8 Å². The van der Waals surface area contributed by atoms with Gasteiger partial charge < -0.3 is 10.2 Å². The highest BCUT2D eigenvalue weighted by Crippen LogP contribution is 2.41. The van der Waals surface area contributed by atoms with Crippen LogP contribution in [-0.2, 0) is 0 Å². The molecule has 0 aliphatic heterocycles. The molecule has 2 unspecified atom stereocenters. The van der Waals surface area contributed by atoms with Gasteiger partial charge in [0, 0.05) is 12.1 Å². The number of aromatic nitrogens is 3. The SMILES string of the molecule is CC(N)C(Sc1n[nH]c(=O)n1C1CC1)c1ccco1. The summed E-state index contributed by atoms with van der Waals surface area (Å²) in [5.41, 5.74) is 5.87. The number of aromatic amines is 1. The molecule has 6 nitrogen and oxygen atoms in total. The maximum atomic E-state index is 11.7. The molecule has 0 aromatic carbocycles. The molecule has 1 fully saturated rings. The number of hydrogen-bond donors (Lipinski definition) is 2. The quantitative estimate of drug-likeness (QED) is 0.813. The molecule has 2 heterocycles. The van der Waals surface area contributed by atoms with Crippen molar-refractivity contribution in [1.82, 2.24) is 14.8 Å². The van der Waals surface area contributed by atoms with Crippen LogP contribution >= 0.6 is 11.8 Å². The predicted molar refractivity (Wildman–Crippen MR) is 72.1 cm³/mol. The van der Waals surface area contributed by atoms with Gasteiger partial charge in [0.15, 0.2) is 5.16 Å². The topological polar surface area (TPSA) is 89.8 Å². The normalized spacial score (nSPS) is 18.4. The lowest BCUT2D eigenvalue weighted by Gasteiger charge is -2.17. The van der Waals surface area contributed by atoms with E-state index in [9.17, 15) is 4.79 Å². The molecule has 1 aliphatic rings. The number of H-pyrrole nitrogens is 1. The third-order valence-corrected chi connectivity index (χ3v) is 4.53. The number of nitrogens with one attached hydrogen (secondary N) is 1. The zero-order valence-corrected chi connectivity index (χ0v) is 11.4. The molecule has 1 saturated carbocycles. The molecule has 0 bridgehead atoms. The number of furan rings is 1. The fraction of sp³-hybridized carbons (Fsp3) is 0.500. The van der Waals surface area contributed by atoms with Crippen LogP contribution < -0.4 is 11.4 Å². The Kier molecular flexibility index (Phi) is 3.24. The van der Waals surface area contributed by atoms with E-state index >= 15 is 0 Å². The predicted octanol–water partition coefficient (Wildman–Crippen LogP) is 1.68. The number of rotatable bonds is 5. The Hall–Kier alpha value is -1.47. The molecule has 1 aliphatic carbocycles. The Labute approximate surface area is 114 Å². The Balaban J connectivity index is 1.88. The maximum absolute atomic E-state index is 11.7. The van der Waals surface area contributed by atoms with E-state index in [0.29, 0.717) is 11.2 Å². The first-order chi connectivity index (χ1) is 9.16. The molecule has 2 aromatic heterocycles. The van der Waals surface area contributed by atoms with Crippen molar-refractivity contribution in [2.24, 2.45) is 5.73 Å². The van der Waals surface area contributed by atoms with Gasteiger partial charge in [0.1, 0.15) is 5.76 Å². The Bertz CT molecular complexity index is 598. The van der Waals surface area contributed by atoms with Gasteiger partial charge in [-0.05, 0) is 31.9 Å². The van der Waals surface area contributed by atoms with Crippen molar-refractivity contribution in [1.29, 1.82) is 0 Å². The van der Waals surface area contributed by atoms with Crippen LogP contribution in [-0.4, -0.2) is 20.8 Å². The van der Waals surface area contributed by atoms with Crippen molar-refractivity contribution in [3.05, 3.63) is 34.6 Å². The first kappa shape index (κ1) is 12.6. The maximum Gasteiger partial charge on any atom is 0.344 e. The van der Waals surface area contributed by atoms with Crippen LogP contribution in [0.4, 0.5) is 0 Å². The Morgan fingerprint density at radius 1 is 1.63 bits per heavy atom. The summed E-state index contributed by atoms with van der Waals surface area (Å²) in [4.78, 5) is 11.7. The molecule has 3 rings (SSSR count).